The SMILES string of the molecule is CCc1nnc(NC(=O)CN(C)c2ccccc2[N+](=O)[O-])s1. The molecule has 0 aliphatic heterocycles. The molecule has 2 rings (SSSR count). The van der Waals surface area contributed by atoms with Crippen LogP contribution in [-0.4, -0.2) is 34.6 Å². The van der Waals surface area contributed by atoms with Gasteiger partial charge in [-0.25, -0.2) is 0 Å². The Hall–Kier alpha value is -2.55. The molecule has 1 heterocycles. The van der Waals surface area contributed by atoms with Crippen LogP contribution < -0.4 is 10.2 Å². The number of aromatic nitrogens is 2. The molecule has 0 saturated heterocycles. The number of aryl methyl sites for hydroxylation is 1. The van der Waals surface area contributed by atoms with Crippen LogP contribution in [0.3, 0.4) is 0 Å². The molecule has 116 valence electrons. The van der Waals surface area contributed by atoms with E-state index in [0.717, 1.165) is 11.4 Å². The van der Waals surface area contributed by atoms with Crippen molar-refractivity contribution in [1.29, 1.82) is 0 Å². The number of carbonyl (C=O) groups is 1. The Morgan fingerprint density at radius 3 is 2.77 bits per heavy atom. The summed E-state index contributed by atoms with van der Waals surface area (Å²) in [7, 11) is 1.62. The molecule has 0 saturated carbocycles. The predicted octanol–water partition coefficient (Wildman–Crippen LogP) is 2.08. The maximum atomic E-state index is 12.0. The molecule has 1 aromatic heterocycles. The maximum Gasteiger partial charge on any atom is 0.292 e. The Morgan fingerprint density at radius 2 is 2.14 bits per heavy atom. The quantitative estimate of drug-likeness (QED) is 0.645. The number of amides is 1. The summed E-state index contributed by atoms with van der Waals surface area (Å²) >= 11 is 1.31. The van der Waals surface area contributed by atoms with Crippen LogP contribution in [0.4, 0.5) is 16.5 Å². The van der Waals surface area contributed by atoms with Crippen LogP contribution in [0.2, 0.25) is 0 Å². The number of nitrogens with one attached hydrogen (secondary N) is 1. The number of nitrogens with zero attached hydrogens (tertiary/aromatic N) is 4. The summed E-state index contributed by atoms with van der Waals surface area (Å²) in [5, 5.41) is 22.7. The number of carbonyl (C=O) groups excluding carboxylic acids is 1. The van der Waals surface area contributed by atoms with E-state index in [9.17, 15) is 14.9 Å². The molecule has 0 spiro atoms. The number of nitro benzene ring substituents is 1. The smallest absolute Gasteiger partial charge is 0.292 e. The zero-order valence-electron chi connectivity index (χ0n) is 12.1. The van der Waals surface area contributed by atoms with E-state index in [-0.39, 0.29) is 18.1 Å². The zero-order valence-corrected chi connectivity index (χ0v) is 13.0. The van der Waals surface area contributed by atoms with Crippen molar-refractivity contribution in [3.63, 3.8) is 0 Å². The standard InChI is InChI=1S/C13H15N5O3S/c1-3-12-15-16-13(22-12)14-11(19)8-17(2)9-6-4-5-7-10(9)18(20)21/h4-7H,3,8H2,1-2H3,(H,14,16,19). The molecule has 1 aromatic carbocycles. The van der Waals surface area contributed by atoms with Crippen molar-refractivity contribution in [1.82, 2.24) is 10.2 Å². The van der Waals surface area contributed by atoms with Gasteiger partial charge >= 0.3 is 0 Å². The molecule has 0 aliphatic carbocycles. The Balaban J connectivity index is 2.03. The number of benzene rings is 1. The topological polar surface area (TPSA) is 101 Å². The van der Waals surface area contributed by atoms with Gasteiger partial charge in [0.15, 0.2) is 0 Å². The molecule has 0 atom stereocenters. The first-order valence-corrected chi connectivity index (χ1v) is 7.39. The first kappa shape index (κ1) is 15.8. The lowest BCUT2D eigenvalue weighted by molar-refractivity contribution is -0.384. The van der Waals surface area contributed by atoms with Gasteiger partial charge in [0.1, 0.15) is 10.7 Å². The fourth-order valence-electron chi connectivity index (χ4n) is 1.85. The van der Waals surface area contributed by atoms with Gasteiger partial charge in [0.2, 0.25) is 11.0 Å². The van der Waals surface area contributed by atoms with E-state index in [1.54, 1.807) is 25.2 Å². The monoisotopic (exact) mass is 321 g/mol. The molecule has 0 radical (unpaired) electrons. The van der Waals surface area contributed by atoms with Crippen LogP contribution in [0.1, 0.15) is 11.9 Å². The average molecular weight is 321 g/mol. The lowest BCUT2D eigenvalue weighted by Crippen LogP contribution is -2.30. The highest BCUT2D eigenvalue weighted by Crippen LogP contribution is 2.26. The normalized spacial score (nSPS) is 10.3. The highest BCUT2D eigenvalue weighted by Gasteiger charge is 2.18. The van der Waals surface area contributed by atoms with Crippen LogP contribution in [0.25, 0.3) is 0 Å². The van der Waals surface area contributed by atoms with Crippen molar-refractivity contribution in [2.45, 2.75) is 13.3 Å². The number of nitro groups is 1. The Bertz CT molecular complexity index is 688. The van der Waals surface area contributed by atoms with Crippen LogP contribution in [0.5, 0.6) is 0 Å². The van der Waals surface area contributed by atoms with Gasteiger partial charge in [0.25, 0.3) is 5.69 Å². The molecular weight excluding hydrogens is 306 g/mol. The summed E-state index contributed by atoms with van der Waals surface area (Å²) in [6.45, 7) is 1.93. The molecule has 0 unspecified atom stereocenters. The van der Waals surface area contributed by atoms with Gasteiger partial charge in [-0.3, -0.25) is 20.2 Å². The van der Waals surface area contributed by atoms with E-state index >= 15 is 0 Å². The second-order valence-corrected chi connectivity index (χ2v) is 5.57. The number of likely N-dealkylation sites (N-methyl/N-ethyl adjacent to an activating group) is 1. The summed E-state index contributed by atoms with van der Waals surface area (Å²) in [5.74, 6) is -0.306. The van der Waals surface area contributed by atoms with E-state index in [2.05, 4.69) is 15.5 Å². The van der Waals surface area contributed by atoms with Crippen molar-refractivity contribution >= 4 is 33.8 Å². The van der Waals surface area contributed by atoms with Crippen LogP contribution in [0, 0.1) is 10.1 Å². The first-order valence-electron chi connectivity index (χ1n) is 6.58. The van der Waals surface area contributed by atoms with Crippen molar-refractivity contribution in [3.05, 3.63) is 39.4 Å². The number of rotatable bonds is 6. The summed E-state index contributed by atoms with van der Waals surface area (Å²) in [5.41, 5.74) is 0.344. The molecule has 8 nitrogen and oxygen atoms in total. The minimum absolute atomic E-state index is 0.0219. The molecular formula is C13H15N5O3S. The Kier molecular flexibility index (Phi) is 4.99. The number of anilines is 2. The number of hydrogen-bond donors (Lipinski definition) is 1. The summed E-state index contributed by atoms with van der Waals surface area (Å²) in [4.78, 5) is 24.0. The fraction of sp³-hybridized carbons (Fsp3) is 0.308. The van der Waals surface area contributed by atoms with Crippen LogP contribution >= 0.6 is 11.3 Å². The average Bonchev–Trinajstić information content (AvgIpc) is 2.94. The van der Waals surface area contributed by atoms with Crippen molar-refractivity contribution in [3.8, 4) is 0 Å². The molecule has 1 N–H and O–H groups in total. The molecule has 22 heavy (non-hydrogen) atoms. The first-order chi connectivity index (χ1) is 10.5. The Labute approximate surface area is 130 Å². The van der Waals surface area contributed by atoms with Gasteiger partial charge in [0.05, 0.1) is 11.5 Å². The largest absolute Gasteiger partial charge is 0.360 e. The van der Waals surface area contributed by atoms with Gasteiger partial charge in [-0.15, -0.1) is 10.2 Å². The molecule has 2 aromatic rings. The predicted molar refractivity (Wildman–Crippen MR) is 84.3 cm³/mol. The van der Waals surface area contributed by atoms with E-state index in [4.69, 9.17) is 0 Å². The van der Waals surface area contributed by atoms with Crippen LogP contribution in [0.15, 0.2) is 24.3 Å². The van der Waals surface area contributed by atoms with Crippen molar-refractivity contribution in [2.24, 2.45) is 0 Å². The molecule has 9 heteroatoms. The van der Waals surface area contributed by atoms with Crippen LogP contribution in [-0.2, 0) is 11.2 Å². The van der Waals surface area contributed by atoms with E-state index in [0.29, 0.717) is 10.8 Å². The van der Waals surface area contributed by atoms with Gasteiger partial charge in [0, 0.05) is 13.1 Å². The van der Waals surface area contributed by atoms with Gasteiger partial charge in [-0.05, 0) is 12.5 Å². The third-order valence-corrected chi connectivity index (χ3v) is 3.87. The number of hydrogen-bond acceptors (Lipinski definition) is 7. The van der Waals surface area contributed by atoms with Crippen molar-refractivity contribution < 1.29 is 9.72 Å². The lowest BCUT2D eigenvalue weighted by Gasteiger charge is -2.17. The minimum atomic E-state index is -0.470. The van der Waals surface area contributed by atoms with E-state index in [1.807, 2.05) is 6.92 Å². The third-order valence-electron chi connectivity index (χ3n) is 2.89. The highest BCUT2D eigenvalue weighted by atomic mass is 32.1. The molecule has 0 aliphatic rings. The summed E-state index contributed by atoms with van der Waals surface area (Å²) < 4.78 is 0. The minimum Gasteiger partial charge on any atom is -0.360 e. The fourth-order valence-corrected chi connectivity index (χ4v) is 2.54. The second kappa shape index (κ2) is 6.94. The van der Waals surface area contributed by atoms with E-state index < -0.39 is 4.92 Å². The molecule has 0 bridgehead atoms. The maximum absolute atomic E-state index is 12.0. The molecule has 0 fully saturated rings. The van der Waals surface area contributed by atoms with Gasteiger partial charge in [-0.1, -0.05) is 30.4 Å². The number of para-hydroxylation sites is 2. The zero-order chi connectivity index (χ0) is 16.1. The summed E-state index contributed by atoms with van der Waals surface area (Å²) in [6, 6.07) is 6.28. The van der Waals surface area contributed by atoms with Gasteiger partial charge in [-0.2, -0.15) is 0 Å². The third kappa shape index (κ3) is 3.76. The van der Waals surface area contributed by atoms with Gasteiger partial charge < -0.3 is 4.90 Å². The Morgan fingerprint density at radius 1 is 1.41 bits per heavy atom. The summed E-state index contributed by atoms with van der Waals surface area (Å²) in [6.07, 6.45) is 0.754. The second-order valence-electron chi connectivity index (χ2n) is 4.50. The molecule has 1 amide bonds. The highest BCUT2D eigenvalue weighted by molar-refractivity contribution is 7.15. The van der Waals surface area contributed by atoms with E-state index in [1.165, 1.54) is 22.3 Å². The van der Waals surface area contributed by atoms with Crippen molar-refractivity contribution in [2.75, 3.05) is 23.8 Å². The lowest BCUT2D eigenvalue weighted by atomic mass is 10.2.